The Bertz CT molecular complexity index is 81.0. The van der Waals surface area contributed by atoms with Gasteiger partial charge in [0.15, 0.2) is 0 Å². The molecule has 1 aliphatic rings. The van der Waals surface area contributed by atoms with E-state index in [4.69, 9.17) is 9.84 Å². The highest BCUT2D eigenvalue weighted by Gasteiger charge is 2.29. The van der Waals surface area contributed by atoms with Crippen molar-refractivity contribution in [2.45, 2.75) is 25.9 Å². The van der Waals surface area contributed by atoms with Gasteiger partial charge >= 0.3 is 0 Å². The highest BCUT2D eigenvalue weighted by molar-refractivity contribution is 4.76. The molecular weight excluding hydrogens is 116 g/mol. The van der Waals surface area contributed by atoms with E-state index in [1.807, 2.05) is 0 Å². The highest BCUT2D eigenvalue weighted by Crippen LogP contribution is 2.25. The molecule has 2 atom stereocenters. The summed E-state index contributed by atoms with van der Waals surface area (Å²) in [7, 11) is 0. The van der Waals surface area contributed by atoms with Crippen molar-refractivity contribution in [1.82, 2.24) is 0 Å². The molecule has 0 aromatic carbocycles. The standard InChI is InChI=1S/C7H14O2/c1-2-7-6(3-4-8)5-9-7/h6-8H,2-5H2,1H3. The Hall–Kier alpha value is -0.0800. The second-order valence-corrected chi connectivity index (χ2v) is 2.55. The molecule has 0 radical (unpaired) electrons. The van der Waals surface area contributed by atoms with Crippen molar-refractivity contribution in [3.8, 4) is 0 Å². The third-order valence-electron chi connectivity index (χ3n) is 1.95. The Balaban J connectivity index is 2.11. The summed E-state index contributed by atoms with van der Waals surface area (Å²) < 4.78 is 5.23. The molecule has 0 bridgehead atoms. The summed E-state index contributed by atoms with van der Waals surface area (Å²) in [6, 6.07) is 0. The molecule has 0 saturated carbocycles. The fourth-order valence-corrected chi connectivity index (χ4v) is 1.25. The average molecular weight is 130 g/mol. The Morgan fingerprint density at radius 2 is 2.44 bits per heavy atom. The molecule has 0 spiro atoms. The lowest BCUT2D eigenvalue weighted by Gasteiger charge is -2.35. The normalized spacial score (nSPS) is 34.0. The highest BCUT2D eigenvalue weighted by atomic mass is 16.5. The van der Waals surface area contributed by atoms with Crippen LogP contribution in [0.5, 0.6) is 0 Å². The summed E-state index contributed by atoms with van der Waals surface area (Å²) in [5, 5.41) is 8.56. The topological polar surface area (TPSA) is 29.5 Å². The van der Waals surface area contributed by atoms with Crippen molar-refractivity contribution in [2.24, 2.45) is 5.92 Å². The molecule has 0 amide bonds. The van der Waals surface area contributed by atoms with Crippen LogP contribution >= 0.6 is 0 Å². The molecule has 54 valence electrons. The van der Waals surface area contributed by atoms with Gasteiger partial charge in [0.1, 0.15) is 0 Å². The molecule has 0 aromatic heterocycles. The van der Waals surface area contributed by atoms with Gasteiger partial charge in [-0.05, 0) is 12.8 Å². The zero-order valence-corrected chi connectivity index (χ0v) is 5.84. The smallest absolute Gasteiger partial charge is 0.0623 e. The zero-order valence-electron chi connectivity index (χ0n) is 5.84. The van der Waals surface area contributed by atoms with Gasteiger partial charge in [-0.2, -0.15) is 0 Å². The van der Waals surface area contributed by atoms with E-state index in [-0.39, 0.29) is 0 Å². The third-order valence-corrected chi connectivity index (χ3v) is 1.95. The zero-order chi connectivity index (χ0) is 6.69. The van der Waals surface area contributed by atoms with Crippen LogP contribution in [0.3, 0.4) is 0 Å². The van der Waals surface area contributed by atoms with Crippen LogP contribution in [0.25, 0.3) is 0 Å². The van der Waals surface area contributed by atoms with E-state index in [0.29, 0.717) is 18.6 Å². The number of aliphatic hydroxyl groups is 1. The molecule has 1 fully saturated rings. The number of hydrogen-bond acceptors (Lipinski definition) is 2. The maximum atomic E-state index is 8.56. The molecule has 9 heavy (non-hydrogen) atoms. The van der Waals surface area contributed by atoms with Gasteiger partial charge in [-0.1, -0.05) is 6.92 Å². The van der Waals surface area contributed by atoms with E-state index >= 15 is 0 Å². The lowest BCUT2D eigenvalue weighted by atomic mass is 9.93. The number of rotatable bonds is 3. The summed E-state index contributed by atoms with van der Waals surface area (Å²) in [5.41, 5.74) is 0. The minimum Gasteiger partial charge on any atom is -0.396 e. The quantitative estimate of drug-likeness (QED) is 0.612. The first-order chi connectivity index (χ1) is 4.38. The maximum Gasteiger partial charge on any atom is 0.0623 e. The maximum absolute atomic E-state index is 8.56. The average Bonchev–Trinajstić information content (AvgIpc) is 1.82. The molecule has 2 heteroatoms. The predicted molar refractivity (Wildman–Crippen MR) is 35.2 cm³/mol. The van der Waals surface area contributed by atoms with Crippen LogP contribution in [0, 0.1) is 5.92 Å². The molecule has 0 aliphatic carbocycles. The first kappa shape index (κ1) is 7.03. The van der Waals surface area contributed by atoms with E-state index in [0.717, 1.165) is 19.4 Å². The van der Waals surface area contributed by atoms with Crippen molar-refractivity contribution in [3.05, 3.63) is 0 Å². The molecule has 1 saturated heterocycles. The fraction of sp³-hybridized carbons (Fsp3) is 1.00. The van der Waals surface area contributed by atoms with Gasteiger partial charge in [-0.15, -0.1) is 0 Å². The van der Waals surface area contributed by atoms with Crippen molar-refractivity contribution >= 4 is 0 Å². The molecule has 1 heterocycles. The summed E-state index contributed by atoms with van der Waals surface area (Å²) in [5.74, 6) is 0.639. The fourth-order valence-electron chi connectivity index (χ4n) is 1.25. The van der Waals surface area contributed by atoms with Crippen LogP contribution in [-0.4, -0.2) is 24.4 Å². The molecule has 1 rings (SSSR count). The molecule has 0 aromatic rings. The van der Waals surface area contributed by atoms with Gasteiger partial charge < -0.3 is 9.84 Å². The second-order valence-electron chi connectivity index (χ2n) is 2.55. The van der Waals surface area contributed by atoms with Crippen LogP contribution in [-0.2, 0) is 4.74 Å². The summed E-state index contributed by atoms with van der Waals surface area (Å²) in [6.07, 6.45) is 2.44. The molecule has 2 unspecified atom stereocenters. The van der Waals surface area contributed by atoms with Crippen molar-refractivity contribution in [2.75, 3.05) is 13.2 Å². The lowest BCUT2D eigenvalue weighted by molar-refractivity contribution is -0.121. The molecule has 2 nitrogen and oxygen atoms in total. The first-order valence-electron chi connectivity index (χ1n) is 3.61. The number of hydrogen-bond donors (Lipinski definition) is 1. The lowest BCUT2D eigenvalue weighted by Crippen LogP contribution is -2.39. The van der Waals surface area contributed by atoms with Crippen molar-refractivity contribution in [1.29, 1.82) is 0 Å². The molecule has 1 N–H and O–H groups in total. The summed E-state index contributed by atoms with van der Waals surface area (Å²) >= 11 is 0. The van der Waals surface area contributed by atoms with E-state index in [2.05, 4.69) is 6.92 Å². The van der Waals surface area contributed by atoms with E-state index in [1.54, 1.807) is 0 Å². The van der Waals surface area contributed by atoms with Crippen molar-refractivity contribution < 1.29 is 9.84 Å². The molecular formula is C7H14O2. The summed E-state index contributed by atoms with van der Waals surface area (Å²) in [6.45, 7) is 3.29. The largest absolute Gasteiger partial charge is 0.396 e. The van der Waals surface area contributed by atoms with Gasteiger partial charge in [-0.25, -0.2) is 0 Å². The van der Waals surface area contributed by atoms with E-state index in [1.165, 1.54) is 0 Å². The second kappa shape index (κ2) is 3.18. The third kappa shape index (κ3) is 1.43. The van der Waals surface area contributed by atoms with Gasteiger partial charge in [0.2, 0.25) is 0 Å². The van der Waals surface area contributed by atoms with Crippen LogP contribution < -0.4 is 0 Å². The number of ether oxygens (including phenoxy) is 1. The van der Waals surface area contributed by atoms with Crippen molar-refractivity contribution in [3.63, 3.8) is 0 Å². The van der Waals surface area contributed by atoms with Crippen LogP contribution in [0.2, 0.25) is 0 Å². The SMILES string of the molecule is CCC1OCC1CCO. The van der Waals surface area contributed by atoms with Crippen LogP contribution in [0.4, 0.5) is 0 Å². The van der Waals surface area contributed by atoms with Gasteiger partial charge in [0.25, 0.3) is 0 Å². The minimum atomic E-state index is 0.310. The Kier molecular flexibility index (Phi) is 2.49. The van der Waals surface area contributed by atoms with Gasteiger partial charge in [0.05, 0.1) is 12.7 Å². The predicted octanol–water partition coefficient (Wildman–Crippen LogP) is 0.794. The summed E-state index contributed by atoms with van der Waals surface area (Å²) in [4.78, 5) is 0. The van der Waals surface area contributed by atoms with Gasteiger partial charge in [-0.3, -0.25) is 0 Å². The Morgan fingerprint density at radius 1 is 1.67 bits per heavy atom. The number of aliphatic hydroxyl groups excluding tert-OH is 1. The Labute approximate surface area is 55.8 Å². The van der Waals surface area contributed by atoms with E-state index in [9.17, 15) is 0 Å². The van der Waals surface area contributed by atoms with Crippen LogP contribution in [0.15, 0.2) is 0 Å². The first-order valence-corrected chi connectivity index (χ1v) is 3.61. The Morgan fingerprint density at radius 3 is 2.78 bits per heavy atom. The van der Waals surface area contributed by atoms with E-state index < -0.39 is 0 Å². The van der Waals surface area contributed by atoms with Crippen LogP contribution in [0.1, 0.15) is 19.8 Å². The van der Waals surface area contributed by atoms with Gasteiger partial charge in [0, 0.05) is 12.5 Å². The molecule has 1 aliphatic heterocycles. The monoisotopic (exact) mass is 130 g/mol. The minimum absolute atomic E-state index is 0.310.